The number of aryl methyl sites for hydroxylation is 1. The molecule has 2 aromatic rings. The van der Waals surface area contributed by atoms with Gasteiger partial charge in [-0.05, 0) is 69.3 Å². The second kappa shape index (κ2) is 10.2. The van der Waals surface area contributed by atoms with Crippen LogP contribution in [0.5, 0.6) is 0 Å². The standard InChI is InChI=1S/C27H36N2OS/c1-20-9-10-26-25(17-20)19-29(21(2)22(3)31-26)27(30)13-16-28-14-11-24(12-15-28)18-23-7-5-4-6-8-23/h4-10,17,21-22,24H,11-16,18-19H2,1-3H3/t21-,22+/m1/s1. The number of carbonyl (C=O) groups excluding carboxylic acids is 1. The third kappa shape index (κ3) is 5.72. The summed E-state index contributed by atoms with van der Waals surface area (Å²) in [5.74, 6) is 1.08. The number of likely N-dealkylation sites (tertiary alicyclic amines) is 1. The summed E-state index contributed by atoms with van der Waals surface area (Å²) in [6.45, 7) is 10.5. The van der Waals surface area contributed by atoms with E-state index < -0.39 is 0 Å². The highest BCUT2D eigenvalue weighted by Gasteiger charge is 2.30. The van der Waals surface area contributed by atoms with Gasteiger partial charge in [0, 0.05) is 35.7 Å². The van der Waals surface area contributed by atoms with E-state index in [-0.39, 0.29) is 6.04 Å². The van der Waals surface area contributed by atoms with Gasteiger partial charge in [-0.25, -0.2) is 0 Å². The van der Waals surface area contributed by atoms with Crippen LogP contribution in [0.2, 0.25) is 0 Å². The molecule has 2 heterocycles. The van der Waals surface area contributed by atoms with Crippen molar-refractivity contribution in [1.82, 2.24) is 9.80 Å². The van der Waals surface area contributed by atoms with Gasteiger partial charge in [0.1, 0.15) is 0 Å². The van der Waals surface area contributed by atoms with Gasteiger partial charge in [0.25, 0.3) is 0 Å². The minimum absolute atomic E-state index is 0.252. The van der Waals surface area contributed by atoms with E-state index in [0.717, 1.165) is 32.1 Å². The third-order valence-corrected chi connectivity index (χ3v) is 8.49. The van der Waals surface area contributed by atoms with Crippen molar-refractivity contribution in [2.24, 2.45) is 5.92 Å². The summed E-state index contributed by atoms with van der Waals surface area (Å²) in [4.78, 5) is 19.2. The normalized spacial score (nSPS) is 22.7. The fraction of sp³-hybridized carbons (Fsp3) is 0.519. The average molecular weight is 437 g/mol. The summed E-state index contributed by atoms with van der Waals surface area (Å²) in [6.07, 6.45) is 4.30. The Bertz CT molecular complexity index is 876. The minimum Gasteiger partial charge on any atom is -0.334 e. The lowest BCUT2D eigenvalue weighted by Crippen LogP contribution is -2.43. The largest absolute Gasteiger partial charge is 0.334 e. The lowest BCUT2D eigenvalue weighted by molar-refractivity contribution is -0.134. The van der Waals surface area contributed by atoms with E-state index in [1.165, 1.54) is 40.8 Å². The number of thioether (sulfide) groups is 1. The number of hydrogen-bond acceptors (Lipinski definition) is 3. The maximum absolute atomic E-state index is 13.2. The molecule has 0 aromatic heterocycles. The molecular weight excluding hydrogens is 400 g/mol. The Labute approximate surface area is 192 Å². The molecule has 0 N–H and O–H groups in total. The molecule has 2 atom stereocenters. The highest BCUT2D eigenvalue weighted by molar-refractivity contribution is 8.00. The monoisotopic (exact) mass is 436 g/mol. The minimum atomic E-state index is 0.252. The van der Waals surface area contributed by atoms with Crippen molar-refractivity contribution in [2.75, 3.05) is 19.6 Å². The molecule has 2 aliphatic rings. The maximum atomic E-state index is 13.2. The van der Waals surface area contributed by atoms with Crippen LogP contribution in [0.25, 0.3) is 0 Å². The van der Waals surface area contributed by atoms with Gasteiger partial charge in [-0.2, -0.15) is 0 Å². The predicted molar refractivity (Wildman–Crippen MR) is 130 cm³/mol. The Morgan fingerprint density at radius 1 is 1.06 bits per heavy atom. The summed E-state index contributed by atoms with van der Waals surface area (Å²) >= 11 is 1.91. The van der Waals surface area contributed by atoms with Gasteiger partial charge in [0.05, 0.1) is 0 Å². The Balaban J connectivity index is 1.29. The number of hydrogen-bond donors (Lipinski definition) is 0. The van der Waals surface area contributed by atoms with Crippen molar-refractivity contribution >= 4 is 17.7 Å². The van der Waals surface area contributed by atoms with E-state index in [9.17, 15) is 4.79 Å². The smallest absolute Gasteiger partial charge is 0.224 e. The molecule has 2 aromatic carbocycles. The van der Waals surface area contributed by atoms with Gasteiger partial charge in [-0.1, -0.05) is 55.0 Å². The number of benzene rings is 2. The van der Waals surface area contributed by atoms with Crippen molar-refractivity contribution < 1.29 is 4.79 Å². The van der Waals surface area contributed by atoms with E-state index in [1.54, 1.807) is 0 Å². The number of nitrogens with zero attached hydrogens (tertiary/aromatic N) is 2. The number of carbonyl (C=O) groups is 1. The SMILES string of the molecule is Cc1ccc2c(c1)CN(C(=O)CCN1CCC(Cc3ccccc3)CC1)[C@H](C)[C@H](C)S2. The van der Waals surface area contributed by atoms with Gasteiger partial charge in [0.2, 0.25) is 5.91 Å². The molecule has 4 heteroatoms. The van der Waals surface area contributed by atoms with Crippen LogP contribution >= 0.6 is 11.8 Å². The summed E-state index contributed by atoms with van der Waals surface area (Å²) < 4.78 is 0. The Morgan fingerprint density at radius 2 is 1.81 bits per heavy atom. The Hall–Kier alpha value is -1.78. The molecular formula is C27H36N2OS. The second-order valence-electron chi connectivity index (χ2n) is 9.42. The molecule has 0 saturated carbocycles. The first-order valence-corrected chi connectivity index (χ1v) is 12.7. The molecule has 3 nitrogen and oxygen atoms in total. The average Bonchev–Trinajstić information content (AvgIpc) is 2.90. The van der Waals surface area contributed by atoms with Crippen LogP contribution in [0.4, 0.5) is 0 Å². The van der Waals surface area contributed by atoms with E-state index >= 15 is 0 Å². The van der Waals surface area contributed by atoms with Crippen LogP contribution in [0.1, 0.15) is 49.8 Å². The zero-order valence-electron chi connectivity index (χ0n) is 19.2. The molecule has 0 radical (unpaired) electrons. The topological polar surface area (TPSA) is 23.6 Å². The van der Waals surface area contributed by atoms with E-state index in [0.29, 0.717) is 17.6 Å². The van der Waals surface area contributed by atoms with Crippen molar-refractivity contribution in [1.29, 1.82) is 0 Å². The van der Waals surface area contributed by atoms with Gasteiger partial charge in [-0.15, -0.1) is 11.8 Å². The molecule has 0 aliphatic carbocycles. The van der Waals surface area contributed by atoms with Crippen LogP contribution in [0.3, 0.4) is 0 Å². The van der Waals surface area contributed by atoms with Crippen molar-refractivity contribution in [2.45, 2.75) is 69.2 Å². The molecule has 31 heavy (non-hydrogen) atoms. The number of piperidine rings is 1. The number of amides is 1. The number of rotatable bonds is 5. The van der Waals surface area contributed by atoms with Crippen LogP contribution in [0, 0.1) is 12.8 Å². The van der Waals surface area contributed by atoms with E-state index in [4.69, 9.17) is 0 Å². The quantitative estimate of drug-likeness (QED) is 0.614. The summed E-state index contributed by atoms with van der Waals surface area (Å²) in [6, 6.07) is 17.8. The predicted octanol–water partition coefficient (Wildman–Crippen LogP) is 5.55. The molecule has 0 unspecified atom stereocenters. The molecule has 0 bridgehead atoms. The lowest BCUT2D eigenvalue weighted by Gasteiger charge is -2.34. The van der Waals surface area contributed by atoms with Gasteiger partial charge in [0.15, 0.2) is 0 Å². The maximum Gasteiger partial charge on any atom is 0.224 e. The fourth-order valence-electron chi connectivity index (χ4n) is 4.90. The summed E-state index contributed by atoms with van der Waals surface area (Å²) in [5, 5.41) is 0.404. The van der Waals surface area contributed by atoms with E-state index in [2.05, 4.69) is 79.1 Å². The summed E-state index contributed by atoms with van der Waals surface area (Å²) in [7, 11) is 0. The van der Waals surface area contributed by atoms with Crippen molar-refractivity contribution in [3.05, 3.63) is 65.2 Å². The van der Waals surface area contributed by atoms with Crippen molar-refractivity contribution in [3.8, 4) is 0 Å². The lowest BCUT2D eigenvalue weighted by atomic mass is 9.90. The third-order valence-electron chi connectivity index (χ3n) is 7.08. The molecule has 4 rings (SSSR count). The zero-order chi connectivity index (χ0) is 21.8. The van der Waals surface area contributed by atoms with Gasteiger partial charge < -0.3 is 9.80 Å². The van der Waals surface area contributed by atoms with Crippen LogP contribution in [-0.2, 0) is 17.8 Å². The molecule has 1 amide bonds. The first-order chi connectivity index (χ1) is 15.0. The van der Waals surface area contributed by atoms with Crippen molar-refractivity contribution in [3.63, 3.8) is 0 Å². The fourth-order valence-corrected chi connectivity index (χ4v) is 6.07. The molecule has 1 fully saturated rings. The number of fused-ring (bicyclic) bond motifs is 1. The van der Waals surface area contributed by atoms with Crippen LogP contribution in [-0.4, -0.2) is 46.6 Å². The first-order valence-electron chi connectivity index (χ1n) is 11.8. The highest BCUT2D eigenvalue weighted by Crippen LogP contribution is 2.35. The van der Waals surface area contributed by atoms with Gasteiger partial charge >= 0.3 is 0 Å². The molecule has 166 valence electrons. The van der Waals surface area contributed by atoms with Crippen LogP contribution < -0.4 is 0 Å². The molecule has 1 saturated heterocycles. The van der Waals surface area contributed by atoms with Gasteiger partial charge in [-0.3, -0.25) is 4.79 Å². The first kappa shape index (κ1) is 22.4. The summed E-state index contributed by atoms with van der Waals surface area (Å²) in [5.41, 5.74) is 4.03. The zero-order valence-corrected chi connectivity index (χ0v) is 20.0. The molecule has 2 aliphatic heterocycles. The molecule has 0 spiro atoms. The second-order valence-corrected chi connectivity index (χ2v) is 10.8. The Kier molecular flexibility index (Phi) is 7.39. The van der Waals surface area contributed by atoms with Crippen LogP contribution in [0.15, 0.2) is 53.4 Å². The highest BCUT2D eigenvalue weighted by atomic mass is 32.2. The van der Waals surface area contributed by atoms with E-state index in [1.807, 2.05) is 11.8 Å². The Morgan fingerprint density at radius 3 is 2.55 bits per heavy atom.